The van der Waals surface area contributed by atoms with Gasteiger partial charge in [-0.25, -0.2) is 8.42 Å². The van der Waals surface area contributed by atoms with Crippen molar-refractivity contribution in [1.82, 2.24) is 10.2 Å². The zero-order valence-electron chi connectivity index (χ0n) is 9.18. The van der Waals surface area contributed by atoms with Gasteiger partial charge in [-0.3, -0.25) is 14.8 Å². The van der Waals surface area contributed by atoms with E-state index in [0.29, 0.717) is 0 Å². The Bertz CT molecular complexity index is 713. The number of nitro benzene ring substituents is 1. The third-order valence-electron chi connectivity index (χ3n) is 2.05. The van der Waals surface area contributed by atoms with E-state index < -0.39 is 25.5 Å². The van der Waals surface area contributed by atoms with Gasteiger partial charge in [-0.2, -0.15) is 0 Å². The molecule has 0 amide bonds. The molecular weight excluding hydrogens is 294 g/mol. The van der Waals surface area contributed by atoms with Crippen LogP contribution in [0.1, 0.15) is 0 Å². The van der Waals surface area contributed by atoms with Crippen LogP contribution in [-0.2, 0) is 10.0 Å². The molecule has 0 fully saturated rings. The summed E-state index contributed by atoms with van der Waals surface area (Å²) in [6.07, 6.45) is 0. The molecule has 1 aromatic heterocycles. The van der Waals surface area contributed by atoms with E-state index in [-0.39, 0.29) is 10.8 Å². The molecule has 0 bridgehead atoms. The van der Waals surface area contributed by atoms with Crippen LogP contribution in [0.25, 0.3) is 0 Å². The first-order valence-electron chi connectivity index (χ1n) is 4.73. The Hall–Kier alpha value is -2.27. The number of hydrogen-bond acceptors (Lipinski definition) is 8. The van der Waals surface area contributed by atoms with Crippen LogP contribution in [0.5, 0.6) is 0 Å². The number of benzene rings is 1. The minimum atomic E-state index is -4.11. The largest absolute Gasteiger partial charge is 0.399 e. The highest BCUT2D eigenvalue weighted by Crippen LogP contribution is 2.27. The number of rotatable bonds is 4. The molecule has 0 spiro atoms. The number of sulfonamides is 1. The molecule has 3 N–H and O–H groups in total. The van der Waals surface area contributed by atoms with Crippen molar-refractivity contribution in [2.45, 2.75) is 4.90 Å². The van der Waals surface area contributed by atoms with Crippen molar-refractivity contribution < 1.29 is 13.3 Å². The smallest absolute Gasteiger partial charge is 0.291 e. The molecule has 0 aliphatic rings. The number of nitrogen functional groups attached to an aromatic ring is 1. The average Bonchev–Trinajstić information content (AvgIpc) is 2.80. The lowest BCUT2D eigenvalue weighted by Gasteiger charge is -2.05. The Morgan fingerprint density at radius 3 is 2.74 bits per heavy atom. The molecule has 2 rings (SSSR count). The monoisotopic (exact) mass is 301 g/mol. The second kappa shape index (κ2) is 4.78. The third kappa shape index (κ3) is 2.77. The zero-order chi connectivity index (χ0) is 14.0. The van der Waals surface area contributed by atoms with E-state index >= 15 is 0 Å². The van der Waals surface area contributed by atoms with Gasteiger partial charge in [0.25, 0.3) is 15.7 Å². The van der Waals surface area contributed by atoms with E-state index in [9.17, 15) is 18.5 Å². The molecular formula is C8H7N5O4S2. The fraction of sp³-hybridized carbons (Fsp3) is 0. The van der Waals surface area contributed by atoms with E-state index in [4.69, 9.17) is 5.73 Å². The molecule has 0 radical (unpaired) electrons. The average molecular weight is 301 g/mol. The summed E-state index contributed by atoms with van der Waals surface area (Å²) < 4.78 is 26.1. The lowest BCUT2D eigenvalue weighted by molar-refractivity contribution is -0.387. The summed E-state index contributed by atoms with van der Waals surface area (Å²) in [4.78, 5) is 9.56. The predicted molar refractivity (Wildman–Crippen MR) is 68.2 cm³/mol. The van der Waals surface area contributed by atoms with Crippen molar-refractivity contribution >= 4 is 37.9 Å². The van der Waals surface area contributed by atoms with Crippen molar-refractivity contribution in [2.24, 2.45) is 0 Å². The molecule has 0 atom stereocenters. The molecule has 19 heavy (non-hydrogen) atoms. The molecule has 11 heteroatoms. The standard InChI is InChI=1S/C8H7N5O4S2/c9-5-1-2-7(6(3-5)13(14)15)19(16,17)12-8-11-10-4-18-8/h1-4H,9H2,(H,11,12). The van der Waals surface area contributed by atoms with Crippen LogP contribution in [0.4, 0.5) is 16.5 Å². The molecule has 0 saturated heterocycles. The van der Waals surface area contributed by atoms with Gasteiger partial charge in [0.1, 0.15) is 5.51 Å². The van der Waals surface area contributed by atoms with Gasteiger partial charge in [-0.15, -0.1) is 10.2 Å². The molecule has 1 aromatic carbocycles. The fourth-order valence-electron chi connectivity index (χ4n) is 1.29. The number of nitrogens with one attached hydrogen (secondary N) is 1. The van der Waals surface area contributed by atoms with Crippen molar-refractivity contribution in [3.63, 3.8) is 0 Å². The summed E-state index contributed by atoms with van der Waals surface area (Å²) in [5.41, 5.74) is 6.23. The molecule has 0 saturated carbocycles. The Labute approximate surface area is 111 Å². The van der Waals surface area contributed by atoms with Gasteiger partial charge < -0.3 is 5.73 Å². The van der Waals surface area contributed by atoms with Crippen LogP contribution in [0, 0.1) is 10.1 Å². The summed E-state index contributed by atoms with van der Waals surface area (Å²) in [6, 6.07) is 3.31. The highest BCUT2D eigenvalue weighted by molar-refractivity contribution is 7.93. The summed E-state index contributed by atoms with van der Waals surface area (Å²) in [5.74, 6) is 0. The predicted octanol–water partition coefficient (Wildman–Crippen LogP) is 0.829. The molecule has 9 nitrogen and oxygen atoms in total. The number of nitrogens with two attached hydrogens (primary N) is 1. The Morgan fingerprint density at radius 2 is 2.16 bits per heavy atom. The second-order valence-electron chi connectivity index (χ2n) is 3.33. The maximum absolute atomic E-state index is 12.0. The first-order chi connectivity index (χ1) is 8.90. The van der Waals surface area contributed by atoms with Crippen LogP contribution in [0.3, 0.4) is 0 Å². The summed E-state index contributed by atoms with van der Waals surface area (Å²) in [5, 5.41) is 17.8. The number of hydrogen-bond donors (Lipinski definition) is 2. The molecule has 0 aliphatic carbocycles. The topological polar surface area (TPSA) is 141 Å². The first-order valence-corrected chi connectivity index (χ1v) is 7.09. The highest BCUT2D eigenvalue weighted by atomic mass is 32.2. The van der Waals surface area contributed by atoms with Crippen LogP contribution < -0.4 is 10.5 Å². The van der Waals surface area contributed by atoms with Gasteiger partial charge in [0, 0.05) is 11.8 Å². The maximum atomic E-state index is 12.0. The normalized spacial score (nSPS) is 11.2. The minimum Gasteiger partial charge on any atom is -0.399 e. The Kier molecular flexibility index (Phi) is 3.31. The molecule has 0 aliphatic heterocycles. The maximum Gasteiger partial charge on any atom is 0.291 e. The summed E-state index contributed by atoms with van der Waals surface area (Å²) in [7, 11) is -4.11. The quantitative estimate of drug-likeness (QED) is 0.484. The van der Waals surface area contributed by atoms with Crippen LogP contribution >= 0.6 is 11.3 Å². The Morgan fingerprint density at radius 1 is 1.42 bits per heavy atom. The van der Waals surface area contributed by atoms with E-state index in [2.05, 4.69) is 14.9 Å². The Balaban J connectivity index is 2.49. The van der Waals surface area contributed by atoms with Crippen LogP contribution in [0.15, 0.2) is 28.6 Å². The van der Waals surface area contributed by atoms with Gasteiger partial charge in [-0.1, -0.05) is 11.3 Å². The molecule has 0 unspecified atom stereocenters. The lowest BCUT2D eigenvalue weighted by Crippen LogP contribution is -2.14. The summed E-state index contributed by atoms with van der Waals surface area (Å²) in [6.45, 7) is 0. The lowest BCUT2D eigenvalue weighted by atomic mass is 10.3. The number of nitrogens with zero attached hydrogens (tertiary/aromatic N) is 3. The number of aromatic nitrogens is 2. The van der Waals surface area contributed by atoms with E-state index in [1.165, 1.54) is 11.6 Å². The molecule has 1 heterocycles. The van der Waals surface area contributed by atoms with Crippen molar-refractivity contribution in [1.29, 1.82) is 0 Å². The number of anilines is 2. The van der Waals surface area contributed by atoms with Gasteiger partial charge in [0.2, 0.25) is 5.13 Å². The second-order valence-corrected chi connectivity index (χ2v) is 5.82. The van der Waals surface area contributed by atoms with E-state index in [1.54, 1.807) is 0 Å². The number of nitro groups is 1. The highest BCUT2D eigenvalue weighted by Gasteiger charge is 2.26. The van der Waals surface area contributed by atoms with E-state index in [0.717, 1.165) is 23.5 Å². The van der Waals surface area contributed by atoms with Crippen molar-refractivity contribution in [3.05, 3.63) is 33.8 Å². The van der Waals surface area contributed by atoms with E-state index in [1.807, 2.05) is 0 Å². The van der Waals surface area contributed by atoms with Crippen molar-refractivity contribution in [3.8, 4) is 0 Å². The SMILES string of the molecule is Nc1ccc(S(=O)(=O)Nc2nncs2)c([N+](=O)[O-])c1. The van der Waals surface area contributed by atoms with Crippen molar-refractivity contribution in [2.75, 3.05) is 10.5 Å². The van der Waals surface area contributed by atoms with Crippen LogP contribution in [0.2, 0.25) is 0 Å². The van der Waals surface area contributed by atoms with Gasteiger partial charge in [0.15, 0.2) is 4.90 Å². The van der Waals surface area contributed by atoms with Gasteiger partial charge in [0.05, 0.1) is 4.92 Å². The first kappa shape index (κ1) is 13.2. The molecule has 2 aromatic rings. The summed E-state index contributed by atoms with van der Waals surface area (Å²) >= 11 is 0.955. The molecule has 100 valence electrons. The minimum absolute atomic E-state index is 0.0196. The zero-order valence-corrected chi connectivity index (χ0v) is 10.8. The fourth-order valence-corrected chi connectivity index (χ4v) is 3.14. The van der Waals surface area contributed by atoms with Gasteiger partial charge in [-0.05, 0) is 12.1 Å². The third-order valence-corrected chi connectivity index (χ3v) is 4.17. The van der Waals surface area contributed by atoms with Crippen LogP contribution in [-0.4, -0.2) is 23.5 Å². The van der Waals surface area contributed by atoms with Gasteiger partial charge >= 0.3 is 0 Å².